The van der Waals surface area contributed by atoms with E-state index < -0.39 is 11.8 Å². The van der Waals surface area contributed by atoms with Crippen molar-refractivity contribution in [1.82, 2.24) is 14.8 Å². The van der Waals surface area contributed by atoms with Crippen LogP contribution in [0.1, 0.15) is 0 Å². The van der Waals surface area contributed by atoms with Crippen LogP contribution in [0.3, 0.4) is 0 Å². The summed E-state index contributed by atoms with van der Waals surface area (Å²) in [4.78, 5) is 10.5. The number of carboxylic acids is 1. The third kappa shape index (κ3) is 2.88. The van der Waals surface area contributed by atoms with Gasteiger partial charge >= 0.3 is 5.97 Å². The normalized spacial score (nSPS) is 10.6. The van der Waals surface area contributed by atoms with Crippen molar-refractivity contribution in [3.63, 3.8) is 0 Å². The van der Waals surface area contributed by atoms with Gasteiger partial charge in [-0.1, -0.05) is 11.8 Å². The average Bonchev–Trinajstić information content (AvgIpc) is 2.78. The van der Waals surface area contributed by atoms with Crippen molar-refractivity contribution in [1.29, 1.82) is 0 Å². The van der Waals surface area contributed by atoms with Crippen LogP contribution in [0, 0.1) is 5.82 Å². The van der Waals surface area contributed by atoms with Gasteiger partial charge in [0.25, 0.3) is 0 Å². The van der Waals surface area contributed by atoms with E-state index in [1.807, 2.05) is 0 Å². The van der Waals surface area contributed by atoms with Crippen LogP contribution in [0.4, 0.5) is 4.39 Å². The molecule has 8 heteroatoms. The third-order valence-electron chi connectivity index (χ3n) is 2.02. The van der Waals surface area contributed by atoms with Gasteiger partial charge in [-0.15, -0.1) is 10.2 Å². The Bertz CT molecular complexity index is 590. The Kier molecular flexibility index (Phi) is 3.97. The number of nitrogens with zero attached hydrogens (tertiary/aromatic N) is 3. The average molecular weight is 332 g/mol. The summed E-state index contributed by atoms with van der Waals surface area (Å²) in [5.41, 5.74) is 0.536. The molecule has 0 saturated carbocycles. The molecular weight excluding hydrogens is 325 g/mol. The van der Waals surface area contributed by atoms with E-state index in [9.17, 15) is 9.18 Å². The molecule has 2 aromatic rings. The van der Waals surface area contributed by atoms with Crippen LogP contribution in [-0.2, 0) is 4.79 Å². The molecule has 0 spiro atoms. The molecule has 0 unspecified atom stereocenters. The number of halogens is 2. The number of aromatic nitrogens is 3. The quantitative estimate of drug-likeness (QED) is 0.871. The molecule has 1 aromatic carbocycles. The predicted molar refractivity (Wildman–Crippen MR) is 67.4 cm³/mol. The Labute approximate surface area is 114 Å². The maximum Gasteiger partial charge on any atom is 0.313 e. The molecule has 0 radical (unpaired) electrons. The molecule has 0 amide bonds. The Balaban J connectivity index is 2.30. The zero-order valence-electron chi connectivity index (χ0n) is 8.88. The van der Waals surface area contributed by atoms with Gasteiger partial charge in [0.15, 0.2) is 5.16 Å². The largest absolute Gasteiger partial charge is 0.481 e. The van der Waals surface area contributed by atoms with Gasteiger partial charge in [0.2, 0.25) is 0 Å². The topological polar surface area (TPSA) is 68.0 Å². The van der Waals surface area contributed by atoms with Crippen molar-refractivity contribution < 1.29 is 14.3 Å². The van der Waals surface area contributed by atoms with Crippen molar-refractivity contribution in [2.24, 2.45) is 0 Å². The lowest BCUT2D eigenvalue weighted by Gasteiger charge is -2.05. The molecule has 0 aliphatic heterocycles. The maximum atomic E-state index is 13.4. The van der Waals surface area contributed by atoms with E-state index in [1.54, 1.807) is 12.1 Å². The van der Waals surface area contributed by atoms with Gasteiger partial charge in [0.1, 0.15) is 12.1 Å². The van der Waals surface area contributed by atoms with E-state index in [0.29, 0.717) is 15.3 Å². The summed E-state index contributed by atoms with van der Waals surface area (Å²) >= 11 is 4.08. The van der Waals surface area contributed by atoms with E-state index in [2.05, 4.69) is 26.1 Å². The van der Waals surface area contributed by atoms with Gasteiger partial charge in [-0.25, -0.2) is 4.39 Å². The Hall–Kier alpha value is -1.41. The van der Waals surface area contributed by atoms with E-state index in [4.69, 9.17) is 5.11 Å². The molecule has 18 heavy (non-hydrogen) atoms. The van der Waals surface area contributed by atoms with Crippen LogP contribution < -0.4 is 0 Å². The number of hydrogen-bond acceptors (Lipinski definition) is 4. The number of carboxylic acid groups (broad SMARTS) is 1. The molecule has 0 aliphatic carbocycles. The fourth-order valence-corrected chi connectivity index (χ4v) is 2.16. The minimum atomic E-state index is -0.948. The molecule has 1 heterocycles. The first-order valence-corrected chi connectivity index (χ1v) is 6.56. The summed E-state index contributed by atoms with van der Waals surface area (Å²) in [7, 11) is 0. The lowest BCUT2D eigenvalue weighted by Crippen LogP contribution is -2.01. The SMILES string of the molecule is O=C(O)CSc1nncn1-c1ccc(Br)c(F)c1. The van der Waals surface area contributed by atoms with Gasteiger partial charge in [-0.05, 0) is 34.1 Å². The summed E-state index contributed by atoms with van der Waals surface area (Å²) in [6, 6.07) is 4.57. The van der Waals surface area contributed by atoms with E-state index in [1.165, 1.54) is 17.0 Å². The first kappa shape index (κ1) is 13.0. The number of hydrogen-bond donors (Lipinski definition) is 1. The molecular formula is C10H7BrFN3O2S. The molecule has 0 atom stereocenters. The van der Waals surface area contributed by atoms with E-state index in [0.717, 1.165) is 11.8 Å². The molecule has 1 N–H and O–H groups in total. The van der Waals surface area contributed by atoms with Crippen molar-refractivity contribution >= 4 is 33.7 Å². The van der Waals surface area contributed by atoms with Gasteiger partial charge in [-0.3, -0.25) is 9.36 Å². The zero-order chi connectivity index (χ0) is 13.1. The van der Waals surface area contributed by atoms with Crippen molar-refractivity contribution in [2.45, 2.75) is 5.16 Å². The van der Waals surface area contributed by atoms with Crippen molar-refractivity contribution in [3.05, 3.63) is 34.8 Å². The van der Waals surface area contributed by atoms with Gasteiger partial charge in [-0.2, -0.15) is 0 Å². The second-order valence-electron chi connectivity index (χ2n) is 3.26. The molecule has 0 saturated heterocycles. The summed E-state index contributed by atoms with van der Waals surface area (Å²) < 4.78 is 15.3. The maximum absolute atomic E-state index is 13.4. The fraction of sp³-hybridized carbons (Fsp3) is 0.100. The van der Waals surface area contributed by atoms with Crippen molar-refractivity contribution in [3.8, 4) is 5.69 Å². The molecule has 94 valence electrons. The zero-order valence-corrected chi connectivity index (χ0v) is 11.3. The number of carbonyl (C=O) groups is 1. The van der Waals surface area contributed by atoms with E-state index >= 15 is 0 Å². The highest BCUT2D eigenvalue weighted by atomic mass is 79.9. The van der Waals surface area contributed by atoms with Crippen LogP contribution in [0.15, 0.2) is 34.2 Å². The minimum Gasteiger partial charge on any atom is -0.481 e. The van der Waals surface area contributed by atoms with Crippen molar-refractivity contribution in [2.75, 3.05) is 5.75 Å². The predicted octanol–water partition coefficient (Wildman–Crippen LogP) is 2.35. The first-order chi connectivity index (χ1) is 8.58. The third-order valence-corrected chi connectivity index (χ3v) is 3.59. The van der Waals surface area contributed by atoms with Crippen LogP contribution in [0.25, 0.3) is 5.69 Å². The molecule has 0 bridgehead atoms. The highest BCUT2D eigenvalue weighted by Gasteiger charge is 2.10. The molecule has 5 nitrogen and oxygen atoms in total. The smallest absolute Gasteiger partial charge is 0.313 e. The lowest BCUT2D eigenvalue weighted by molar-refractivity contribution is -0.133. The second kappa shape index (κ2) is 5.49. The van der Waals surface area contributed by atoms with E-state index in [-0.39, 0.29) is 5.75 Å². The number of rotatable bonds is 4. The second-order valence-corrected chi connectivity index (χ2v) is 5.06. The van der Waals surface area contributed by atoms with Crippen LogP contribution in [-0.4, -0.2) is 31.6 Å². The molecule has 0 aliphatic rings. The Morgan fingerprint density at radius 2 is 2.33 bits per heavy atom. The lowest BCUT2D eigenvalue weighted by atomic mass is 10.3. The Morgan fingerprint density at radius 1 is 1.56 bits per heavy atom. The minimum absolute atomic E-state index is 0.127. The van der Waals surface area contributed by atoms with Crippen LogP contribution in [0.5, 0.6) is 0 Å². The highest BCUT2D eigenvalue weighted by molar-refractivity contribution is 9.10. The summed E-state index contributed by atoms with van der Waals surface area (Å²) in [5, 5.41) is 16.5. The molecule has 0 fully saturated rings. The van der Waals surface area contributed by atoms with Gasteiger partial charge in [0.05, 0.1) is 15.9 Å². The number of aliphatic carboxylic acids is 1. The monoisotopic (exact) mass is 331 g/mol. The van der Waals surface area contributed by atoms with Crippen LogP contribution >= 0.6 is 27.7 Å². The summed E-state index contributed by atoms with van der Waals surface area (Å²) in [6.45, 7) is 0. The van der Waals surface area contributed by atoms with Crippen LogP contribution in [0.2, 0.25) is 0 Å². The highest BCUT2D eigenvalue weighted by Crippen LogP contribution is 2.22. The Morgan fingerprint density at radius 3 is 3.00 bits per heavy atom. The molecule has 1 aromatic heterocycles. The summed E-state index contributed by atoms with van der Waals surface area (Å²) in [6.07, 6.45) is 1.41. The standard InChI is InChI=1S/C10H7BrFN3O2S/c11-7-2-1-6(3-8(7)12)15-5-13-14-10(15)18-4-9(16)17/h1-3,5H,4H2,(H,16,17). The number of benzene rings is 1. The van der Waals surface area contributed by atoms with Gasteiger partial charge < -0.3 is 5.11 Å². The first-order valence-electron chi connectivity index (χ1n) is 4.78. The fourth-order valence-electron chi connectivity index (χ4n) is 1.26. The molecule has 2 rings (SSSR count). The van der Waals surface area contributed by atoms with Gasteiger partial charge in [0, 0.05) is 0 Å². The summed E-state index contributed by atoms with van der Waals surface area (Å²) in [5.74, 6) is -1.48. The number of thioether (sulfide) groups is 1.